The second kappa shape index (κ2) is 13.1. The van der Waals surface area contributed by atoms with Crippen molar-refractivity contribution in [2.75, 3.05) is 0 Å². The van der Waals surface area contributed by atoms with Crippen molar-refractivity contribution < 1.29 is 20.6 Å². The van der Waals surface area contributed by atoms with Crippen molar-refractivity contribution in [1.82, 2.24) is 15.0 Å². The molecule has 10 rings (SSSR count). The van der Waals surface area contributed by atoms with Gasteiger partial charge in [0.15, 0.2) is 17.5 Å². The van der Waals surface area contributed by atoms with E-state index in [1.165, 1.54) is 0 Å². The second-order valence-corrected chi connectivity index (χ2v) is 13.1. The molecule has 0 N–H and O–H groups in total. The van der Waals surface area contributed by atoms with E-state index in [0.29, 0.717) is 11.1 Å². The molecule has 4 heteroatoms. The van der Waals surface area contributed by atoms with Gasteiger partial charge >= 0.3 is 0 Å². The lowest BCUT2D eigenvalue weighted by Gasteiger charge is -2.09. The maximum absolute atomic E-state index is 9.58. The minimum absolute atomic E-state index is 0.0352. The summed E-state index contributed by atoms with van der Waals surface area (Å²) in [5.41, 5.74) is 0.892. The zero-order chi connectivity index (χ0) is 48.2. The van der Waals surface area contributed by atoms with Crippen LogP contribution in [-0.2, 0) is 0 Å². The Bertz CT molecular complexity index is 3780. The van der Waals surface area contributed by atoms with Crippen LogP contribution in [0.5, 0.6) is 0 Å². The second-order valence-electron chi connectivity index (χ2n) is 12.1. The van der Waals surface area contributed by atoms with Crippen molar-refractivity contribution in [1.29, 1.82) is 0 Å². The van der Waals surface area contributed by atoms with Crippen LogP contribution in [0.4, 0.5) is 0 Å². The lowest BCUT2D eigenvalue weighted by Crippen LogP contribution is -2.00. The number of rotatable bonds is 6. The first-order chi connectivity index (χ1) is 32.5. The van der Waals surface area contributed by atoms with Crippen LogP contribution >= 0.6 is 11.3 Å². The van der Waals surface area contributed by atoms with Crippen LogP contribution in [0, 0.1) is 0 Å². The molecule has 0 aliphatic rings. The van der Waals surface area contributed by atoms with Crippen molar-refractivity contribution >= 4 is 42.3 Å². The standard InChI is InChI=1S/C49H31N3S/c1-3-10-32(11-4-1)38-16-9-17-39(28-38)41-24-26-43-44-27-25-42(31-46(44)53-45(43)30-41)49-51-47(35-13-5-2-6-14-35)50-48(52-49)36-21-18-34(19-22-36)40-23-20-33-12-7-8-15-37(33)29-40/h1-31H/i1D,3D,4D,9D,10D,11D,16D,17D,24D,25D,26D,27D,28D,30D,31D. The Balaban J connectivity index is 1.16. The quantitative estimate of drug-likeness (QED) is 0.173. The predicted molar refractivity (Wildman–Crippen MR) is 223 cm³/mol. The van der Waals surface area contributed by atoms with Gasteiger partial charge in [0, 0.05) is 36.9 Å². The highest BCUT2D eigenvalue weighted by atomic mass is 32.1. The average Bonchev–Trinajstić information content (AvgIpc) is 3.77. The van der Waals surface area contributed by atoms with Crippen molar-refractivity contribution in [3.63, 3.8) is 0 Å². The maximum atomic E-state index is 9.58. The lowest BCUT2D eigenvalue weighted by atomic mass is 9.98. The monoisotopic (exact) mass is 708 g/mol. The normalized spacial score (nSPS) is 15.4. The van der Waals surface area contributed by atoms with Crippen molar-refractivity contribution in [2.45, 2.75) is 0 Å². The fraction of sp³-hybridized carbons (Fsp3) is 0. The Morgan fingerprint density at radius 3 is 1.62 bits per heavy atom. The van der Waals surface area contributed by atoms with E-state index in [2.05, 4.69) is 24.3 Å². The van der Waals surface area contributed by atoms with E-state index < -0.39 is 107 Å². The summed E-state index contributed by atoms with van der Waals surface area (Å²) in [4.78, 5) is 14.3. The van der Waals surface area contributed by atoms with Gasteiger partial charge in [-0.2, -0.15) is 0 Å². The molecule has 0 aliphatic heterocycles. The summed E-state index contributed by atoms with van der Waals surface area (Å²) in [5, 5.41) is 2.07. The molecule has 3 nitrogen and oxygen atoms in total. The SMILES string of the molecule is [2H]c1c([2H])c([2H])c(-c2c([2H])c([2H])c([2H])c(-c3c([2H])c([2H])c4c(sc5c([2H])c(-c6nc(-c7ccccc7)nc(-c7ccc(-c8ccc9ccccc9c8)cc7)n6)c([2H])c([2H])c54)c3[2H])c2[2H])c([2H])c1[2H]. The number of thiophene rings is 1. The fourth-order valence-corrected chi connectivity index (χ4v) is 7.13. The highest BCUT2D eigenvalue weighted by Crippen LogP contribution is 2.39. The van der Waals surface area contributed by atoms with Crippen molar-refractivity contribution in [3.05, 3.63) is 188 Å². The van der Waals surface area contributed by atoms with E-state index in [-0.39, 0.29) is 49.3 Å². The zero-order valence-electron chi connectivity index (χ0n) is 42.5. The number of benzene rings is 8. The molecule has 0 amide bonds. The minimum atomic E-state index is -0.808. The largest absolute Gasteiger partial charge is 0.208 e. The molecule has 8 aromatic carbocycles. The van der Waals surface area contributed by atoms with E-state index in [1.807, 2.05) is 60.7 Å². The minimum Gasteiger partial charge on any atom is -0.208 e. The summed E-state index contributed by atoms with van der Waals surface area (Å²) >= 11 is 0.820. The topological polar surface area (TPSA) is 38.7 Å². The molecule has 0 radical (unpaired) electrons. The van der Waals surface area contributed by atoms with Crippen LogP contribution < -0.4 is 0 Å². The Hall–Kier alpha value is -6.75. The molecule has 2 aromatic heterocycles. The van der Waals surface area contributed by atoms with Gasteiger partial charge in [-0.3, -0.25) is 0 Å². The zero-order valence-corrected chi connectivity index (χ0v) is 28.3. The molecule has 53 heavy (non-hydrogen) atoms. The lowest BCUT2D eigenvalue weighted by molar-refractivity contribution is 1.07. The fourth-order valence-electron chi connectivity index (χ4n) is 6.10. The first kappa shape index (κ1) is 19.2. The van der Waals surface area contributed by atoms with Crippen LogP contribution in [-0.4, -0.2) is 15.0 Å². The van der Waals surface area contributed by atoms with Crippen LogP contribution in [0.1, 0.15) is 20.6 Å². The van der Waals surface area contributed by atoms with Gasteiger partial charge in [-0.05, 0) is 68.3 Å². The number of fused-ring (bicyclic) bond motifs is 4. The highest BCUT2D eigenvalue weighted by Gasteiger charge is 2.15. The Kier molecular flexibility index (Phi) is 4.74. The Labute approximate surface area is 332 Å². The predicted octanol–water partition coefficient (Wildman–Crippen LogP) is 13.4. The Morgan fingerprint density at radius 2 is 0.887 bits per heavy atom. The van der Waals surface area contributed by atoms with E-state index in [4.69, 9.17) is 25.9 Å². The highest BCUT2D eigenvalue weighted by molar-refractivity contribution is 7.25. The van der Waals surface area contributed by atoms with Gasteiger partial charge in [0.2, 0.25) is 0 Å². The number of aromatic nitrogens is 3. The van der Waals surface area contributed by atoms with Crippen LogP contribution in [0.2, 0.25) is 0 Å². The summed E-state index contributed by atoms with van der Waals surface area (Å²) in [7, 11) is 0. The molecular formula is C49H31N3S. The molecule has 248 valence electrons. The Morgan fingerprint density at radius 1 is 0.358 bits per heavy atom. The molecule has 10 aromatic rings. The van der Waals surface area contributed by atoms with Crippen molar-refractivity contribution in [2.24, 2.45) is 0 Å². The van der Waals surface area contributed by atoms with Gasteiger partial charge in [-0.25, -0.2) is 15.0 Å². The molecule has 0 atom stereocenters. The molecule has 0 saturated heterocycles. The van der Waals surface area contributed by atoms with E-state index in [9.17, 15) is 9.60 Å². The maximum Gasteiger partial charge on any atom is 0.164 e. The molecule has 0 fully saturated rings. The van der Waals surface area contributed by atoms with Gasteiger partial charge in [0.05, 0.1) is 20.6 Å². The summed E-state index contributed by atoms with van der Waals surface area (Å²) in [5.74, 6) is 0.397. The molecule has 0 unspecified atom stereocenters. The van der Waals surface area contributed by atoms with Gasteiger partial charge in [-0.15, -0.1) is 11.3 Å². The summed E-state index contributed by atoms with van der Waals surface area (Å²) < 4.78 is 133. The molecule has 0 spiro atoms. The smallest absolute Gasteiger partial charge is 0.164 e. The van der Waals surface area contributed by atoms with Crippen LogP contribution in [0.3, 0.4) is 0 Å². The third kappa shape index (κ3) is 5.95. The molecule has 2 heterocycles. The van der Waals surface area contributed by atoms with Crippen LogP contribution in [0.25, 0.3) is 98.5 Å². The number of nitrogens with zero attached hydrogens (tertiary/aromatic N) is 3. The molecule has 0 saturated carbocycles. The first-order valence-corrected chi connectivity index (χ1v) is 17.4. The van der Waals surface area contributed by atoms with Gasteiger partial charge in [-0.1, -0.05) is 164 Å². The van der Waals surface area contributed by atoms with Crippen LogP contribution in [0.15, 0.2) is 188 Å². The summed E-state index contributed by atoms with van der Waals surface area (Å²) in [6.07, 6.45) is 0. The van der Waals surface area contributed by atoms with Gasteiger partial charge in [0.1, 0.15) is 0 Å². The molecular weight excluding hydrogens is 663 g/mol. The number of hydrogen-bond donors (Lipinski definition) is 0. The summed E-state index contributed by atoms with van der Waals surface area (Å²) in [6.45, 7) is 0. The van der Waals surface area contributed by atoms with E-state index in [1.54, 1.807) is 12.1 Å². The first-order valence-electron chi connectivity index (χ1n) is 24.0. The summed E-state index contributed by atoms with van der Waals surface area (Å²) in [6, 6.07) is 21.2. The van der Waals surface area contributed by atoms with Gasteiger partial charge < -0.3 is 0 Å². The van der Waals surface area contributed by atoms with E-state index >= 15 is 0 Å². The van der Waals surface area contributed by atoms with Crippen molar-refractivity contribution in [3.8, 4) is 67.5 Å². The third-order valence-corrected chi connectivity index (χ3v) is 9.77. The molecule has 0 aliphatic carbocycles. The van der Waals surface area contributed by atoms with E-state index in [0.717, 1.165) is 33.2 Å². The molecule has 0 bridgehead atoms. The average molecular weight is 709 g/mol. The van der Waals surface area contributed by atoms with Gasteiger partial charge in [0.25, 0.3) is 0 Å². The third-order valence-electron chi connectivity index (χ3n) is 8.75. The number of hydrogen-bond acceptors (Lipinski definition) is 4.